The van der Waals surface area contributed by atoms with E-state index in [1.165, 1.54) is 5.69 Å². The normalized spacial score (nSPS) is 14.7. The highest BCUT2D eigenvalue weighted by molar-refractivity contribution is 5.75. The minimum absolute atomic E-state index is 0.235. The van der Waals surface area contributed by atoms with Gasteiger partial charge in [0.1, 0.15) is 0 Å². The lowest BCUT2D eigenvalue weighted by atomic mass is 10.1. The van der Waals surface area contributed by atoms with Crippen molar-refractivity contribution >= 4 is 11.6 Å². The number of pyridine rings is 1. The van der Waals surface area contributed by atoms with E-state index in [9.17, 15) is 4.79 Å². The summed E-state index contributed by atoms with van der Waals surface area (Å²) in [6, 6.07) is 10.6. The fraction of sp³-hybridized carbons (Fsp3) is 0.368. The number of benzene rings is 1. The summed E-state index contributed by atoms with van der Waals surface area (Å²) >= 11 is 0. The molecule has 3 rings (SSSR count). The molecular weight excluding hydrogens is 316 g/mol. The largest absolute Gasteiger partial charge is 0.378 e. The van der Waals surface area contributed by atoms with Gasteiger partial charge in [-0.3, -0.25) is 14.7 Å². The van der Waals surface area contributed by atoms with E-state index in [1.807, 2.05) is 24.3 Å². The van der Waals surface area contributed by atoms with Crippen LogP contribution in [-0.2, 0) is 16.1 Å². The van der Waals surface area contributed by atoms with Crippen LogP contribution in [0.2, 0.25) is 0 Å². The second-order valence-electron chi connectivity index (χ2n) is 6.37. The zero-order chi connectivity index (χ0) is 17.6. The Morgan fingerprint density at radius 3 is 2.60 bits per heavy atom. The molecule has 2 aromatic rings. The molecule has 0 aliphatic carbocycles. The molecule has 1 aliphatic heterocycles. The Labute approximate surface area is 148 Å². The third-order valence-corrected chi connectivity index (χ3v) is 4.25. The molecule has 25 heavy (non-hydrogen) atoms. The van der Waals surface area contributed by atoms with Crippen molar-refractivity contribution in [2.75, 3.05) is 44.8 Å². The van der Waals surface area contributed by atoms with E-state index in [-0.39, 0.29) is 12.5 Å². The summed E-state index contributed by atoms with van der Waals surface area (Å²) in [5, 5.41) is 0. The number of anilines is 1. The topological polar surface area (TPSA) is 71.7 Å². The molecule has 0 atom stereocenters. The molecule has 1 fully saturated rings. The van der Waals surface area contributed by atoms with E-state index in [2.05, 4.69) is 40.2 Å². The number of carbonyl (C=O) groups is 1. The van der Waals surface area contributed by atoms with Gasteiger partial charge in [0.2, 0.25) is 5.91 Å². The predicted molar refractivity (Wildman–Crippen MR) is 98.2 cm³/mol. The zero-order valence-electron chi connectivity index (χ0n) is 14.5. The number of morpholine rings is 1. The number of aromatic nitrogens is 1. The number of nitrogens with two attached hydrogens (primary N) is 1. The van der Waals surface area contributed by atoms with Gasteiger partial charge in [-0.15, -0.1) is 0 Å². The van der Waals surface area contributed by atoms with Crippen LogP contribution in [0.3, 0.4) is 0 Å². The molecule has 0 spiro atoms. The van der Waals surface area contributed by atoms with Gasteiger partial charge in [-0.1, -0.05) is 12.1 Å². The molecule has 6 heteroatoms. The van der Waals surface area contributed by atoms with Gasteiger partial charge in [0.05, 0.1) is 19.8 Å². The molecule has 1 aromatic heterocycles. The van der Waals surface area contributed by atoms with Crippen LogP contribution in [0.4, 0.5) is 5.69 Å². The first-order valence-corrected chi connectivity index (χ1v) is 8.46. The SMILES string of the molecule is CN(CC(N)=O)Cc1cncc(-c2ccc(N3CCOCC3)cc2)c1. The first-order valence-electron chi connectivity index (χ1n) is 8.46. The van der Waals surface area contributed by atoms with Gasteiger partial charge in [-0.25, -0.2) is 0 Å². The van der Waals surface area contributed by atoms with Crippen LogP contribution in [-0.4, -0.2) is 55.7 Å². The van der Waals surface area contributed by atoms with Crippen molar-refractivity contribution < 1.29 is 9.53 Å². The molecule has 2 heterocycles. The lowest BCUT2D eigenvalue weighted by Gasteiger charge is -2.28. The van der Waals surface area contributed by atoms with E-state index in [4.69, 9.17) is 10.5 Å². The smallest absolute Gasteiger partial charge is 0.231 e. The van der Waals surface area contributed by atoms with E-state index in [1.54, 1.807) is 0 Å². The monoisotopic (exact) mass is 340 g/mol. The van der Waals surface area contributed by atoms with E-state index >= 15 is 0 Å². The highest BCUT2D eigenvalue weighted by Gasteiger charge is 2.11. The Hall–Kier alpha value is -2.44. The Bertz CT molecular complexity index is 712. The molecule has 1 aromatic carbocycles. The van der Waals surface area contributed by atoms with Crippen molar-refractivity contribution in [2.45, 2.75) is 6.54 Å². The second kappa shape index (κ2) is 8.09. The summed E-state index contributed by atoms with van der Waals surface area (Å²) in [7, 11) is 1.87. The van der Waals surface area contributed by atoms with E-state index < -0.39 is 0 Å². The summed E-state index contributed by atoms with van der Waals surface area (Å²) in [5.74, 6) is -0.328. The molecule has 6 nitrogen and oxygen atoms in total. The second-order valence-corrected chi connectivity index (χ2v) is 6.37. The van der Waals surface area contributed by atoms with Gasteiger partial charge in [0, 0.05) is 43.3 Å². The van der Waals surface area contributed by atoms with E-state index in [0.29, 0.717) is 6.54 Å². The van der Waals surface area contributed by atoms with Gasteiger partial charge in [-0.05, 0) is 36.4 Å². The maximum absolute atomic E-state index is 11.0. The van der Waals surface area contributed by atoms with E-state index in [0.717, 1.165) is 43.0 Å². The van der Waals surface area contributed by atoms with Gasteiger partial charge in [-0.2, -0.15) is 0 Å². The van der Waals surface area contributed by atoms with Gasteiger partial charge in [0.15, 0.2) is 0 Å². The summed E-state index contributed by atoms with van der Waals surface area (Å²) in [4.78, 5) is 19.6. The average molecular weight is 340 g/mol. The first-order chi connectivity index (χ1) is 12.1. The Morgan fingerprint density at radius 2 is 1.92 bits per heavy atom. The fourth-order valence-electron chi connectivity index (χ4n) is 3.05. The standard InChI is InChI=1S/C19H24N4O2/c1-22(14-19(20)24)13-15-10-17(12-21-11-15)16-2-4-18(5-3-16)23-6-8-25-9-7-23/h2-5,10-12H,6-9,13-14H2,1H3,(H2,20,24). The van der Waals surface area contributed by atoms with Crippen molar-refractivity contribution in [1.82, 2.24) is 9.88 Å². The molecule has 2 N–H and O–H groups in total. The molecular formula is C19H24N4O2. The van der Waals surface area contributed by atoms with Crippen molar-refractivity contribution in [3.05, 3.63) is 48.3 Å². The maximum Gasteiger partial charge on any atom is 0.231 e. The number of nitrogens with zero attached hydrogens (tertiary/aromatic N) is 3. The lowest BCUT2D eigenvalue weighted by Crippen LogP contribution is -2.36. The molecule has 0 radical (unpaired) electrons. The number of ether oxygens (including phenoxy) is 1. The first kappa shape index (κ1) is 17.4. The predicted octanol–water partition coefficient (Wildman–Crippen LogP) is 1.50. The summed E-state index contributed by atoms with van der Waals surface area (Å²) in [6.45, 7) is 4.30. The number of primary amides is 1. The molecule has 1 saturated heterocycles. The minimum Gasteiger partial charge on any atom is -0.378 e. The van der Waals surface area contributed by atoms with Gasteiger partial charge >= 0.3 is 0 Å². The van der Waals surface area contributed by atoms with Crippen LogP contribution in [0.25, 0.3) is 11.1 Å². The van der Waals surface area contributed by atoms with Crippen LogP contribution in [0, 0.1) is 0 Å². The summed E-state index contributed by atoms with van der Waals surface area (Å²) in [5.41, 5.74) is 9.71. The molecule has 132 valence electrons. The van der Waals surface area contributed by atoms with Crippen LogP contribution < -0.4 is 10.6 Å². The minimum atomic E-state index is -0.328. The van der Waals surface area contributed by atoms with Crippen LogP contribution in [0.15, 0.2) is 42.7 Å². The number of hydrogen-bond acceptors (Lipinski definition) is 5. The highest BCUT2D eigenvalue weighted by atomic mass is 16.5. The average Bonchev–Trinajstić information content (AvgIpc) is 2.62. The number of carbonyl (C=O) groups excluding carboxylic acids is 1. The summed E-state index contributed by atoms with van der Waals surface area (Å²) in [6.07, 6.45) is 3.68. The van der Waals surface area contributed by atoms with Crippen molar-refractivity contribution in [3.63, 3.8) is 0 Å². The molecule has 0 unspecified atom stereocenters. The third-order valence-electron chi connectivity index (χ3n) is 4.25. The fourth-order valence-corrected chi connectivity index (χ4v) is 3.05. The van der Waals surface area contributed by atoms with Gasteiger partial charge < -0.3 is 15.4 Å². The Balaban J connectivity index is 1.71. The van der Waals surface area contributed by atoms with Crippen LogP contribution in [0.1, 0.15) is 5.56 Å². The number of hydrogen-bond donors (Lipinski definition) is 1. The maximum atomic E-state index is 11.0. The molecule has 1 aliphatic rings. The summed E-state index contributed by atoms with van der Waals surface area (Å²) < 4.78 is 5.40. The molecule has 1 amide bonds. The van der Waals surface area contributed by atoms with Crippen LogP contribution in [0.5, 0.6) is 0 Å². The molecule has 0 saturated carbocycles. The zero-order valence-corrected chi connectivity index (χ0v) is 14.5. The molecule has 0 bridgehead atoms. The van der Waals surface area contributed by atoms with Crippen LogP contribution >= 0.6 is 0 Å². The van der Waals surface area contributed by atoms with Gasteiger partial charge in [0.25, 0.3) is 0 Å². The quantitative estimate of drug-likeness (QED) is 0.863. The lowest BCUT2D eigenvalue weighted by molar-refractivity contribution is -0.118. The van der Waals surface area contributed by atoms with Crippen molar-refractivity contribution in [2.24, 2.45) is 5.73 Å². The Kier molecular flexibility index (Phi) is 5.63. The number of rotatable bonds is 6. The highest BCUT2D eigenvalue weighted by Crippen LogP contribution is 2.24. The third kappa shape index (κ3) is 4.78. The van der Waals surface area contributed by atoms with Crippen molar-refractivity contribution in [3.8, 4) is 11.1 Å². The van der Waals surface area contributed by atoms with Crippen molar-refractivity contribution in [1.29, 1.82) is 0 Å². The number of amides is 1. The Morgan fingerprint density at radius 1 is 1.20 bits per heavy atom. The number of likely N-dealkylation sites (N-methyl/N-ethyl adjacent to an activating group) is 1.